The van der Waals surface area contributed by atoms with Gasteiger partial charge in [-0.05, 0) is 41.5 Å². The molecule has 0 heterocycles. The molecule has 0 aliphatic heterocycles. The molecule has 0 saturated heterocycles. The van der Waals surface area contributed by atoms with Crippen LogP contribution in [0.5, 0.6) is 0 Å². The third-order valence-electron chi connectivity index (χ3n) is 1.41. The lowest BCUT2D eigenvalue weighted by Gasteiger charge is -2.24. The van der Waals surface area contributed by atoms with Gasteiger partial charge in [-0.1, -0.05) is 0 Å². The largest absolute Gasteiger partial charge is 0.518 e. The maximum absolute atomic E-state index is 12.3. The fraction of sp³-hybridized carbons (Fsp3) is 0.900. The van der Waals surface area contributed by atoms with E-state index < -0.39 is 32.7 Å². The summed E-state index contributed by atoms with van der Waals surface area (Å²) in [5, 5.41) is 0. The summed E-state index contributed by atoms with van der Waals surface area (Å²) in [6, 6.07) is 0. The topological polar surface area (TPSA) is 89.0 Å². The van der Waals surface area contributed by atoms with Crippen molar-refractivity contribution in [2.24, 2.45) is 4.40 Å². The lowest BCUT2D eigenvalue weighted by Crippen LogP contribution is -2.45. The zero-order valence-electron chi connectivity index (χ0n) is 12.6. The zero-order valence-corrected chi connectivity index (χ0v) is 13.4. The molecule has 21 heavy (non-hydrogen) atoms. The quantitative estimate of drug-likeness (QED) is 0.465. The Balaban J connectivity index is 5.22. The molecule has 126 valence electrons. The predicted molar refractivity (Wildman–Crippen MR) is 70.4 cm³/mol. The Hall–Kier alpha value is -1.07. The van der Waals surface area contributed by atoms with Gasteiger partial charge in [-0.15, -0.1) is 4.40 Å². The van der Waals surface area contributed by atoms with Crippen molar-refractivity contribution >= 4 is 16.0 Å². The van der Waals surface area contributed by atoms with Gasteiger partial charge in [0.15, 0.2) is 0 Å². The van der Waals surface area contributed by atoms with E-state index in [1.807, 2.05) is 11.0 Å². The number of nitrogens with one attached hydrogen (secondary N) is 2. The molecule has 0 radical (unpaired) electrons. The highest BCUT2D eigenvalue weighted by molar-refractivity contribution is 7.91. The second kappa shape index (κ2) is 6.36. The summed E-state index contributed by atoms with van der Waals surface area (Å²) in [4.78, 5) is 9.92. The van der Waals surface area contributed by atoms with Crippen molar-refractivity contribution in [3.05, 3.63) is 0 Å². The molecule has 0 fully saturated rings. The average Bonchev–Trinajstić information content (AvgIpc) is 2.17. The first-order valence-electron chi connectivity index (χ1n) is 5.83. The van der Waals surface area contributed by atoms with Crippen molar-refractivity contribution in [1.29, 1.82) is 0 Å². The van der Waals surface area contributed by atoms with Crippen molar-refractivity contribution in [3.63, 3.8) is 0 Å². The van der Waals surface area contributed by atoms with Crippen molar-refractivity contribution in [2.75, 3.05) is 0 Å². The van der Waals surface area contributed by atoms with E-state index in [9.17, 15) is 21.6 Å². The van der Waals surface area contributed by atoms with Crippen molar-refractivity contribution in [2.45, 2.75) is 58.3 Å². The Morgan fingerprint density at radius 1 is 0.905 bits per heavy atom. The van der Waals surface area contributed by atoms with Crippen LogP contribution in [-0.2, 0) is 19.7 Å². The van der Waals surface area contributed by atoms with Gasteiger partial charge in [0, 0.05) is 0 Å². The number of rotatable bonds is 3. The third-order valence-corrected chi connectivity index (χ3v) is 2.42. The van der Waals surface area contributed by atoms with Crippen molar-refractivity contribution < 1.29 is 31.3 Å². The number of hydrogen-bond acceptors (Lipinski definition) is 4. The number of hydroxylamine groups is 2. The number of alkyl halides is 3. The van der Waals surface area contributed by atoms with Crippen LogP contribution in [0.25, 0.3) is 0 Å². The predicted octanol–water partition coefficient (Wildman–Crippen LogP) is 1.83. The molecule has 7 nitrogen and oxygen atoms in total. The highest BCUT2D eigenvalue weighted by Gasteiger charge is 2.46. The Labute approximate surface area is 121 Å². The highest BCUT2D eigenvalue weighted by Crippen LogP contribution is 2.24. The fourth-order valence-electron chi connectivity index (χ4n) is 0.633. The van der Waals surface area contributed by atoms with Gasteiger partial charge in [0.25, 0.3) is 5.96 Å². The van der Waals surface area contributed by atoms with Gasteiger partial charge in [0.2, 0.25) is 0 Å². The smallest absolute Gasteiger partial charge is 0.268 e. The number of guanidine groups is 1. The Kier molecular flexibility index (Phi) is 6.04. The van der Waals surface area contributed by atoms with E-state index in [-0.39, 0.29) is 0 Å². The summed E-state index contributed by atoms with van der Waals surface area (Å²) < 4.78 is 61.5. The van der Waals surface area contributed by atoms with E-state index >= 15 is 0 Å². The van der Waals surface area contributed by atoms with Crippen LogP contribution >= 0.6 is 0 Å². The Morgan fingerprint density at radius 3 is 1.48 bits per heavy atom. The molecular weight excluding hydrogens is 315 g/mol. The molecule has 0 unspecified atom stereocenters. The fourth-order valence-corrected chi connectivity index (χ4v) is 1.05. The van der Waals surface area contributed by atoms with Gasteiger partial charge >= 0.3 is 15.5 Å². The van der Waals surface area contributed by atoms with Gasteiger partial charge < -0.3 is 0 Å². The van der Waals surface area contributed by atoms with E-state index in [1.54, 1.807) is 41.5 Å². The monoisotopic (exact) mass is 335 g/mol. The second-order valence-electron chi connectivity index (χ2n) is 5.99. The Morgan fingerprint density at radius 2 is 1.24 bits per heavy atom. The summed E-state index contributed by atoms with van der Waals surface area (Å²) in [6.07, 6.45) is 0. The number of nitrogens with zero attached hydrogens (tertiary/aromatic N) is 1. The van der Waals surface area contributed by atoms with Gasteiger partial charge in [-0.2, -0.15) is 21.6 Å². The molecule has 11 heteroatoms. The van der Waals surface area contributed by atoms with Gasteiger partial charge in [-0.25, -0.2) is 11.0 Å². The normalized spacial score (nSPS) is 13.8. The maximum atomic E-state index is 12.3. The van der Waals surface area contributed by atoms with E-state index in [2.05, 4.69) is 4.40 Å². The first-order valence-corrected chi connectivity index (χ1v) is 7.27. The minimum Gasteiger partial charge on any atom is -0.268 e. The molecule has 0 rings (SSSR count). The molecule has 0 aromatic heterocycles. The van der Waals surface area contributed by atoms with Crippen molar-refractivity contribution in [1.82, 2.24) is 11.0 Å². The molecule has 0 saturated carbocycles. The first-order chi connectivity index (χ1) is 9.04. The van der Waals surface area contributed by atoms with E-state index in [4.69, 9.17) is 9.68 Å². The standard InChI is InChI=1S/C10H20F3N3O4S/c1-8(2,3)19-14-7(15-20-9(4,5)6)16-21(17,18)10(11,12)13/h1-6H3,(H2,14,15,16). The molecule has 0 aromatic carbocycles. The molecule has 2 N–H and O–H groups in total. The highest BCUT2D eigenvalue weighted by atomic mass is 32.2. The minimum absolute atomic E-state index is 0.799. The van der Waals surface area contributed by atoms with Crippen LogP contribution in [-0.4, -0.2) is 31.1 Å². The van der Waals surface area contributed by atoms with Crippen LogP contribution in [0, 0.1) is 0 Å². The lowest BCUT2D eigenvalue weighted by atomic mass is 10.2. The minimum atomic E-state index is -5.73. The lowest BCUT2D eigenvalue weighted by molar-refractivity contribution is -0.0703. The van der Waals surface area contributed by atoms with Gasteiger partial charge in [0.05, 0.1) is 11.2 Å². The van der Waals surface area contributed by atoms with E-state index in [0.717, 1.165) is 0 Å². The maximum Gasteiger partial charge on any atom is 0.518 e. The van der Waals surface area contributed by atoms with Gasteiger partial charge in [-0.3, -0.25) is 9.68 Å². The van der Waals surface area contributed by atoms with Crippen LogP contribution in [0.3, 0.4) is 0 Å². The SMILES string of the molecule is CC(C)(C)ONC(=NS(=O)(=O)C(F)(F)F)NOC(C)(C)C. The molecule has 0 atom stereocenters. The number of hydrogen-bond donors (Lipinski definition) is 2. The Bertz CT molecular complexity index is 455. The van der Waals surface area contributed by atoms with Crippen LogP contribution in [0.15, 0.2) is 4.40 Å². The summed E-state index contributed by atoms with van der Waals surface area (Å²) in [7, 11) is -5.73. The van der Waals surface area contributed by atoms with Crippen LogP contribution in [0.4, 0.5) is 13.2 Å². The van der Waals surface area contributed by atoms with Gasteiger partial charge in [0.1, 0.15) is 0 Å². The van der Waals surface area contributed by atoms with E-state index in [0.29, 0.717) is 0 Å². The first kappa shape index (κ1) is 19.9. The van der Waals surface area contributed by atoms with Crippen molar-refractivity contribution in [3.8, 4) is 0 Å². The summed E-state index contributed by atoms with van der Waals surface area (Å²) in [6.45, 7) is 9.59. The molecule has 0 aromatic rings. The number of sulfonamides is 1. The molecule has 0 aliphatic carbocycles. The van der Waals surface area contributed by atoms with Crippen LogP contribution in [0.1, 0.15) is 41.5 Å². The molecule has 0 aliphatic rings. The molecule has 0 bridgehead atoms. The molecule has 0 amide bonds. The molecular formula is C10H20F3N3O4S. The summed E-state index contributed by atoms with van der Waals surface area (Å²) in [5.41, 5.74) is -3.13. The average molecular weight is 335 g/mol. The number of halogens is 3. The molecule has 0 spiro atoms. The van der Waals surface area contributed by atoms with Crippen LogP contribution < -0.4 is 11.0 Å². The summed E-state index contributed by atoms with van der Waals surface area (Å²) >= 11 is 0. The summed E-state index contributed by atoms with van der Waals surface area (Å²) in [5.74, 6) is -0.836. The second-order valence-corrected chi connectivity index (χ2v) is 7.59. The van der Waals surface area contributed by atoms with E-state index in [1.165, 1.54) is 0 Å². The third kappa shape index (κ3) is 8.73. The van der Waals surface area contributed by atoms with Crippen LogP contribution in [0.2, 0.25) is 0 Å². The zero-order chi connectivity index (χ0) is 17.1.